The molecule has 186 valence electrons. The SMILES string of the molecule is Cc1ccc(-c2c(-c3ccc(C)cc3)c(-c3ccc(C)cc3)c3c(cnn3C)c2-c2ccc(C)cc2)cc1. The molecule has 2 heteroatoms. The van der Waals surface area contributed by atoms with Crippen molar-refractivity contribution in [1.82, 2.24) is 9.78 Å². The van der Waals surface area contributed by atoms with E-state index in [1.807, 2.05) is 10.9 Å². The Morgan fingerprint density at radius 3 is 1.13 bits per heavy atom. The van der Waals surface area contributed by atoms with Gasteiger partial charge >= 0.3 is 0 Å². The first kappa shape index (κ1) is 23.9. The third-order valence-electron chi connectivity index (χ3n) is 7.56. The highest BCUT2D eigenvalue weighted by molar-refractivity contribution is 6.17. The zero-order chi connectivity index (χ0) is 26.4. The van der Waals surface area contributed by atoms with Crippen LogP contribution in [-0.4, -0.2) is 9.78 Å². The second-order valence-corrected chi connectivity index (χ2v) is 10.5. The maximum Gasteiger partial charge on any atom is 0.0770 e. The molecule has 38 heavy (non-hydrogen) atoms. The first-order valence-electron chi connectivity index (χ1n) is 13.2. The lowest BCUT2D eigenvalue weighted by atomic mass is 9.80. The molecule has 6 aromatic rings. The minimum atomic E-state index is 1.15. The van der Waals surface area contributed by atoms with Crippen LogP contribution < -0.4 is 0 Å². The number of nitrogens with zero attached hydrogens (tertiary/aromatic N) is 2. The molecule has 0 atom stereocenters. The van der Waals surface area contributed by atoms with Gasteiger partial charge in [-0.25, -0.2) is 0 Å². The highest BCUT2D eigenvalue weighted by atomic mass is 15.2. The molecule has 0 saturated carbocycles. The van der Waals surface area contributed by atoms with Crippen LogP contribution in [0.2, 0.25) is 0 Å². The van der Waals surface area contributed by atoms with E-state index < -0.39 is 0 Å². The number of aryl methyl sites for hydroxylation is 5. The van der Waals surface area contributed by atoms with Gasteiger partial charge in [0.15, 0.2) is 0 Å². The van der Waals surface area contributed by atoms with Gasteiger partial charge in [-0.15, -0.1) is 0 Å². The average Bonchev–Trinajstić information content (AvgIpc) is 3.30. The monoisotopic (exact) mass is 492 g/mol. The molecule has 0 unspecified atom stereocenters. The summed E-state index contributed by atoms with van der Waals surface area (Å²) in [5.74, 6) is 0. The fraction of sp³-hybridized carbons (Fsp3) is 0.139. The fourth-order valence-electron chi connectivity index (χ4n) is 5.46. The second kappa shape index (κ2) is 9.46. The van der Waals surface area contributed by atoms with Gasteiger partial charge in [0.2, 0.25) is 0 Å². The van der Waals surface area contributed by atoms with Gasteiger partial charge in [0.05, 0.1) is 11.7 Å². The standard InChI is InChI=1S/C36H32N2/c1-23-6-14-27(15-7-23)32-31-22-37-38(5)36(31)35(30-20-12-26(4)13-21-30)34(29-18-10-25(3)11-19-29)33(32)28-16-8-24(2)9-17-28/h6-22H,1-5H3. The molecule has 0 fully saturated rings. The number of rotatable bonds is 4. The van der Waals surface area contributed by atoms with Crippen molar-refractivity contribution in [2.24, 2.45) is 7.05 Å². The van der Waals surface area contributed by atoms with E-state index in [-0.39, 0.29) is 0 Å². The summed E-state index contributed by atoms with van der Waals surface area (Å²) in [7, 11) is 2.06. The fourth-order valence-corrected chi connectivity index (χ4v) is 5.46. The minimum absolute atomic E-state index is 1.15. The largest absolute Gasteiger partial charge is 0.267 e. The highest BCUT2D eigenvalue weighted by Crippen LogP contribution is 2.50. The summed E-state index contributed by atoms with van der Waals surface area (Å²) in [5.41, 5.74) is 15.9. The minimum Gasteiger partial charge on any atom is -0.267 e. The molecule has 0 N–H and O–H groups in total. The van der Waals surface area contributed by atoms with Crippen molar-refractivity contribution in [2.75, 3.05) is 0 Å². The van der Waals surface area contributed by atoms with Crippen LogP contribution in [0.25, 0.3) is 55.4 Å². The third kappa shape index (κ3) is 4.13. The van der Waals surface area contributed by atoms with Crippen LogP contribution in [0, 0.1) is 27.7 Å². The Morgan fingerprint density at radius 2 is 0.737 bits per heavy atom. The Bertz CT molecular complexity index is 1750. The predicted octanol–water partition coefficient (Wildman–Crippen LogP) is 9.47. The third-order valence-corrected chi connectivity index (χ3v) is 7.56. The van der Waals surface area contributed by atoms with Gasteiger partial charge in [-0.05, 0) is 55.5 Å². The number of hydrogen-bond donors (Lipinski definition) is 0. The van der Waals surface area contributed by atoms with E-state index in [9.17, 15) is 0 Å². The molecule has 0 amide bonds. The van der Waals surface area contributed by atoms with Gasteiger partial charge in [-0.3, -0.25) is 4.68 Å². The van der Waals surface area contributed by atoms with Gasteiger partial charge in [0, 0.05) is 29.1 Å². The first-order chi connectivity index (χ1) is 18.4. The van der Waals surface area contributed by atoms with E-state index >= 15 is 0 Å². The lowest BCUT2D eigenvalue weighted by Crippen LogP contribution is -2.00. The van der Waals surface area contributed by atoms with E-state index in [1.54, 1.807) is 0 Å². The van der Waals surface area contributed by atoms with Crippen molar-refractivity contribution < 1.29 is 0 Å². The maximum absolute atomic E-state index is 4.82. The summed E-state index contributed by atoms with van der Waals surface area (Å²) in [5, 5.41) is 5.98. The molecule has 6 rings (SSSR count). The average molecular weight is 493 g/mol. The Labute approximate surface area is 225 Å². The first-order valence-corrected chi connectivity index (χ1v) is 13.2. The van der Waals surface area contributed by atoms with E-state index in [0.29, 0.717) is 0 Å². The zero-order valence-electron chi connectivity index (χ0n) is 22.7. The van der Waals surface area contributed by atoms with Gasteiger partial charge in [0.1, 0.15) is 0 Å². The second-order valence-electron chi connectivity index (χ2n) is 10.5. The predicted molar refractivity (Wildman–Crippen MR) is 161 cm³/mol. The van der Waals surface area contributed by atoms with Crippen molar-refractivity contribution in [2.45, 2.75) is 27.7 Å². The Morgan fingerprint density at radius 1 is 0.421 bits per heavy atom. The van der Waals surface area contributed by atoms with Crippen molar-refractivity contribution in [3.63, 3.8) is 0 Å². The summed E-state index contributed by atoms with van der Waals surface area (Å²) in [6.45, 7) is 8.58. The summed E-state index contributed by atoms with van der Waals surface area (Å²) >= 11 is 0. The van der Waals surface area contributed by atoms with Crippen LogP contribution in [0.1, 0.15) is 22.3 Å². The maximum atomic E-state index is 4.82. The van der Waals surface area contributed by atoms with Crippen LogP contribution >= 0.6 is 0 Å². The Kier molecular flexibility index (Phi) is 5.96. The quantitative estimate of drug-likeness (QED) is 0.240. The smallest absolute Gasteiger partial charge is 0.0770 e. The van der Waals surface area contributed by atoms with E-state index in [4.69, 9.17) is 5.10 Å². The molecule has 1 aromatic heterocycles. The van der Waals surface area contributed by atoms with E-state index in [0.717, 1.165) is 5.52 Å². The molecule has 0 aliphatic rings. The number of benzene rings is 5. The van der Waals surface area contributed by atoms with Crippen LogP contribution in [0.15, 0.2) is 103 Å². The van der Waals surface area contributed by atoms with Gasteiger partial charge < -0.3 is 0 Å². The van der Waals surface area contributed by atoms with Crippen LogP contribution in [0.3, 0.4) is 0 Å². The molecular weight excluding hydrogens is 460 g/mol. The summed E-state index contributed by atoms with van der Waals surface area (Å²) in [6.07, 6.45) is 2.04. The molecule has 5 aromatic carbocycles. The molecule has 0 aliphatic heterocycles. The summed E-state index contributed by atoms with van der Waals surface area (Å²) in [4.78, 5) is 0. The Balaban J connectivity index is 1.87. The molecule has 0 bridgehead atoms. The van der Waals surface area contributed by atoms with Crippen LogP contribution in [0.5, 0.6) is 0 Å². The zero-order valence-corrected chi connectivity index (χ0v) is 22.7. The highest BCUT2D eigenvalue weighted by Gasteiger charge is 2.26. The number of hydrogen-bond acceptors (Lipinski definition) is 1. The lowest BCUT2D eigenvalue weighted by molar-refractivity contribution is 0.797. The molecule has 0 spiro atoms. The van der Waals surface area contributed by atoms with E-state index in [1.165, 1.54) is 72.1 Å². The van der Waals surface area contributed by atoms with E-state index in [2.05, 4.69) is 132 Å². The van der Waals surface area contributed by atoms with Crippen LogP contribution in [0.4, 0.5) is 0 Å². The van der Waals surface area contributed by atoms with Crippen molar-refractivity contribution in [3.8, 4) is 44.5 Å². The van der Waals surface area contributed by atoms with Crippen molar-refractivity contribution in [3.05, 3.63) is 126 Å². The Hall–Kier alpha value is -4.43. The van der Waals surface area contributed by atoms with Gasteiger partial charge in [-0.2, -0.15) is 5.10 Å². The van der Waals surface area contributed by atoms with Crippen molar-refractivity contribution in [1.29, 1.82) is 0 Å². The molecule has 0 radical (unpaired) electrons. The summed E-state index contributed by atoms with van der Waals surface area (Å²) < 4.78 is 2.04. The molecular formula is C36H32N2. The molecule has 1 heterocycles. The number of aromatic nitrogens is 2. The number of fused-ring (bicyclic) bond motifs is 1. The van der Waals surface area contributed by atoms with Crippen molar-refractivity contribution >= 4 is 10.9 Å². The molecule has 0 saturated heterocycles. The summed E-state index contributed by atoms with van der Waals surface area (Å²) in [6, 6.07) is 35.7. The van der Waals surface area contributed by atoms with Crippen LogP contribution in [-0.2, 0) is 7.05 Å². The lowest BCUT2D eigenvalue weighted by Gasteiger charge is -2.23. The molecule has 2 nitrogen and oxygen atoms in total. The van der Waals surface area contributed by atoms with Gasteiger partial charge in [-0.1, -0.05) is 119 Å². The normalized spacial score (nSPS) is 11.3. The van der Waals surface area contributed by atoms with Gasteiger partial charge in [0.25, 0.3) is 0 Å². The molecule has 0 aliphatic carbocycles. The topological polar surface area (TPSA) is 17.8 Å².